The van der Waals surface area contributed by atoms with Gasteiger partial charge in [-0.05, 0) is 18.8 Å². The molecule has 3 nitrogen and oxygen atoms in total. The first kappa shape index (κ1) is 13.3. The molecule has 90 valence electrons. The van der Waals surface area contributed by atoms with Crippen molar-refractivity contribution in [2.75, 3.05) is 18.2 Å². The Hall–Kier alpha value is 0.200. The highest BCUT2D eigenvalue weighted by Crippen LogP contribution is 2.27. The van der Waals surface area contributed by atoms with Gasteiger partial charge in [-0.3, -0.25) is 0 Å². The van der Waals surface area contributed by atoms with E-state index in [1.165, 1.54) is 0 Å². The van der Waals surface area contributed by atoms with Gasteiger partial charge in [0.15, 0.2) is 0 Å². The molecule has 15 heavy (non-hydrogen) atoms. The summed E-state index contributed by atoms with van der Waals surface area (Å²) in [5, 5.41) is 0. The number of rotatable bonds is 6. The molecule has 0 aromatic heterocycles. The summed E-state index contributed by atoms with van der Waals surface area (Å²) >= 11 is 5.66. The van der Waals surface area contributed by atoms with Gasteiger partial charge in [-0.15, -0.1) is 11.6 Å². The van der Waals surface area contributed by atoms with Crippen LogP contribution >= 0.6 is 11.6 Å². The normalized spacial score (nSPS) is 18.5. The van der Waals surface area contributed by atoms with Gasteiger partial charge in [0.2, 0.25) is 10.0 Å². The molecule has 0 saturated heterocycles. The molecule has 0 bridgehead atoms. The molecule has 0 radical (unpaired) electrons. The third kappa shape index (κ3) is 3.61. The Labute approximate surface area is 97.8 Å². The topological polar surface area (TPSA) is 37.4 Å². The highest BCUT2D eigenvalue weighted by Gasteiger charge is 2.33. The van der Waals surface area contributed by atoms with E-state index in [2.05, 4.69) is 0 Å². The Kier molecular flexibility index (Phi) is 4.87. The lowest BCUT2D eigenvalue weighted by Crippen LogP contribution is -2.46. The lowest BCUT2D eigenvalue weighted by atomic mass is 9.93. The van der Waals surface area contributed by atoms with Gasteiger partial charge in [0, 0.05) is 18.5 Å². The van der Waals surface area contributed by atoms with E-state index >= 15 is 0 Å². The maximum absolute atomic E-state index is 12.0. The van der Waals surface area contributed by atoms with E-state index in [4.69, 9.17) is 11.6 Å². The van der Waals surface area contributed by atoms with Crippen molar-refractivity contribution >= 4 is 21.6 Å². The lowest BCUT2D eigenvalue weighted by Gasteiger charge is -2.36. The maximum atomic E-state index is 12.0. The summed E-state index contributed by atoms with van der Waals surface area (Å²) in [6.45, 7) is 4.32. The molecule has 0 spiro atoms. The fraction of sp³-hybridized carbons (Fsp3) is 1.00. The smallest absolute Gasteiger partial charge is 0.212 e. The van der Waals surface area contributed by atoms with Gasteiger partial charge >= 0.3 is 0 Å². The minimum absolute atomic E-state index is 0.174. The first-order valence-corrected chi connectivity index (χ1v) is 7.67. The van der Waals surface area contributed by atoms with E-state index in [9.17, 15) is 8.42 Å². The first-order chi connectivity index (χ1) is 6.97. The molecule has 1 rings (SSSR count). The van der Waals surface area contributed by atoms with E-state index in [0.717, 1.165) is 19.3 Å². The van der Waals surface area contributed by atoms with Crippen LogP contribution in [0.3, 0.4) is 0 Å². The Morgan fingerprint density at radius 2 is 2.00 bits per heavy atom. The van der Waals surface area contributed by atoms with Crippen LogP contribution in [0, 0.1) is 5.92 Å². The molecule has 0 heterocycles. The molecule has 0 amide bonds. The van der Waals surface area contributed by atoms with E-state index in [-0.39, 0.29) is 17.7 Å². The molecule has 0 aliphatic heterocycles. The van der Waals surface area contributed by atoms with Crippen molar-refractivity contribution in [3.8, 4) is 0 Å². The van der Waals surface area contributed by atoms with Crippen molar-refractivity contribution in [1.82, 2.24) is 4.31 Å². The van der Waals surface area contributed by atoms with E-state index in [1.54, 1.807) is 4.31 Å². The number of hydrogen-bond donors (Lipinski definition) is 0. The van der Waals surface area contributed by atoms with Gasteiger partial charge in [0.1, 0.15) is 0 Å². The van der Waals surface area contributed by atoms with Gasteiger partial charge in [-0.2, -0.15) is 4.31 Å². The quantitative estimate of drug-likeness (QED) is 0.680. The summed E-state index contributed by atoms with van der Waals surface area (Å²) in [5.74, 6) is 0.793. The summed E-state index contributed by atoms with van der Waals surface area (Å²) in [6, 6.07) is 0.215. The van der Waals surface area contributed by atoms with Crippen molar-refractivity contribution in [1.29, 1.82) is 0 Å². The van der Waals surface area contributed by atoms with Gasteiger partial charge in [0.05, 0.1) is 5.75 Å². The van der Waals surface area contributed by atoms with E-state index < -0.39 is 10.0 Å². The van der Waals surface area contributed by atoms with Gasteiger partial charge in [-0.25, -0.2) is 8.42 Å². The number of halogens is 1. The molecule has 1 aliphatic rings. The summed E-state index contributed by atoms with van der Waals surface area (Å²) in [6.07, 6.45) is 3.13. The molecule has 5 heteroatoms. The van der Waals surface area contributed by atoms with Crippen molar-refractivity contribution in [2.24, 2.45) is 5.92 Å². The van der Waals surface area contributed by atoms with Gasteiger partial charge < -0.3 is 0 Å². The fourth-order valence-electron chi connectivity index (χ4n) is 1.82. The third-order valence-electron chi connectivity index (χ3n) is 2.69. The second-order valence-electron chi connectivity index (χ2n) is 4.56. The predicted octanol–water partition coefficient (Wildman–Crippen LogP) is 2.07. The summed E-state index contributed by atoms with van der Waals surface area (Å²) in [4.78, 5) is 0. The van der Waals surface area contributed by atoms with Crippen molar-refractivity contribution in [3.05, 3.63) is 0 Å². The second kappa shape index (κ2) is 5.51. The number of alkyl halides is 1. The largest absolute Gasteiger partial charge is 0.214 e. The van der Waals surface area contributed by atoms with Crippen LogP contribution in [0.4, 0.5) is 0 Å². The molecule has 0 aromatic rings. The van der Waals surface area contributed by atoms with Crippen LogP contribution in [0.25, 0.3) is 0 Å². The molecule has 0 unspecified atom stereocenters. The average molecular weight is 254 g/mol. The van der Waals surface area contributed by atoms with Crippen molar-refractivity contribution < 1.29 is 8.42 Å². The highest BCUT2D eigenvalue weighted by atomic mass is 35.5. The molecule has 1 aliphatic carbocycles. The van der Waals surface area contributed by atoms with E-state index in [1.807, 2.05) is 13.8 Å². The van der Waals surface area contributed by atoms with Crippen LogP contribution < -0.4 is 0 Å². The van der Waals surface area contributed by atoms with Crippen LogP contribution in [0.1, 0.15) is 33.1 Å². The average Bonchev–Trinajstić information content (AvgIpc) is 1.97. The second-order valence-corrected chi connectivity index (χ2v) is 6.90. The van der Waals surface area contributed by atoms with Crippen LogP contribution in [0.15, 0.2) is 0 Å². The van der Waals surface area contributed by atoms with Gasteiger partial charge in [-0.1, -0.05) is 20.3 Å². The molecule has 1 saturated carbocycles. The van der Waals surface area contributed by atoms with Gasteiger partial charge in [0.25, 0.3) is 0 Å². The molecule has 1 fully saturated rings. The summed E-state index contributed by atoms with van der Waals surface area (Å²) in [7, 11) is -3.09. The highest BCUT2D eigenvalue weighted by molar-refractivity contribution is 7.89. The van der Waals surface area contributed by atoms with E-state index in [0.29, 0.717) is 12.4 Å². The molecular weight excluding hydrogens is 234 g/mol. The minimum atomic E-state index is -3.09. The maximum Gasteiger partial charge on any atom is 0.214 e. The third-order valence-corrected chi connectivity index (χ3v) is 5.14. The lowest BCUT2D eigenvalue weighted by molar-refractivity contribution is 0.227. The zero-order valence-electron chi connectivity index (χ0n) is 9.45. The predicted molar refractivity (Wildman–Crippen MR) is 63.7 cm³/mol. The Bertz CT molecular complexity index is 286. The Morgan fingerprint density at radius 3 is 2.33 bits per heavy atom. The summed E-state index contributed by atoms with van der Waals surface area (Å²) < 4.78 is 25.7. The zero-order valence-corrected chi connectivity index (χ0v) is 11.0. The monoisotopic (exact) mass is 253 g/mol. The molecular formula is C10H20ClNO2S. The molecule has 0 atom stereocenters. The molecule has 0 aromatic carbocycles. The van der Waals surface area contributed by atoms with Crippen LogP contribution in [0.2, 0.25) is 0 Å². The van der Waals surface area contributed by atoms with Crippen LogP contribution in [-0.4, -0.2) is 36.9 Å². The van der Waals surface area contributed by atoms with Crippen LogP contribution in [0.5, 0.6) is 0 Å². The number of nitrogens with zero attached hydrogens (tertiary/aromatic N) is 1. The standard InChI is InChI=1S/C10H20ClNO2S/c1-9(2)8-15(13,14)12(7-6-11)10-4-3-5-10/h9-10H,3-8H2,1-2H3. The Balaban J connectivity index is 2.68. The zero-order chi connectivity index (χ0) is 11.5. The van der Waals surface area contributed by atoms with Crippen LogP contribution in [-0.2, 0) is 10.0 Å². The number of hydrogen-bond acceptors (Lipinski definition) is 2. The minimum Gasteiger partial charge on any atom is -0.212 e. The number of sulfonamides is 1. The fourth-order valence-corrected chi connectivity index (χ4v) is 4.17. The summed E-state index contributed by atoms with van der Waals surface area (Å²) in [5.41, 5.74) is 0. The first-order valence-electron chi connectivity index (χ1n) is 5.53. The van der Waals surface area contributed by atoms with Crippen molar-refractivity contribution in [2.45, 2.75) is 39.2 Å². The van der Waals surface area contributed by atoms with Crippen molar-refractivity contribution in [3.63, 3.8) is 0 Å². The SMILES string of the molecule is CC(C)CS(=O)(=O)N(CCCl)C1CCC1. The Morgan fingerprint density at radius 1 is 1.40 bits per heavy atom. The molecule has 0 N–H and O–H groups in total.